The van der Waals surface area contributed by atoms with Crippen LogP contribution < -0.4 is 9.47 Å². The van der Waals surface area contributed by atoms with Gasteiger partial charge in [-0.15, -0.1) is 0 Å². The van der Waals surface area contributed by atoms with Crippen LogP contribution in [-0.4, -0.2) is 20.6 Å². The number of hydrogen-bond acceptors (Lipinski definition) is 5. The molecular weight excluding hydrogens is 364 g/mol. The molecule has 27 heavy (non-hydrogen) atoms. The predicted molar refractivity (Wildman–Crippen MR) is 102 cm³/mol. The first-order valence-corrected chi connectivity index (χ1v) is 9.83. The third-order valence-corrected chi connectivity index (χ3v) is 5.95. The lowest BCUT2D eigenvalue weighted by molar-refractivity contribution is 0.268. The summed E-state index contributed by atoms with van der Waals surface area (Å²) in [6.07, 6.45) is 0. The molecule has 0 bridgehead atoms. The lowest BCUT2D eigenvalue weighted by Gasteiger charge is -2.16. The summed E-state index contributed by atoms with van der Waals surface area (Å²) in [6, 6.07) is 20.6. The van der Waals surface area contributed by atoms with E-state index in [1.165, 1.54) is 31.4 Å². The van der Waals surface area contributed by atoms with Gasteiger partial charge in [-0.1, -0.05) is 48.5 Å². The predicted octanol–water partition coefficient (Wildman–Crippen LogP) is 3.60. The highest BCUT2D eigenvalue weighted by Gasteiger charge is 2.24. The molecule has 0 saturated carbocycles. The minimum absolute atomic E-state index is 0.000103. The standard InChI is InChI=1S/C21H20O5S/c1-25-19-13-21(27(23,24)18-10-6-3-7-11-18)17(14-22)12-20(19)26-15-16-8-4-2-5-9-16/h2-13,22H,14-15H2,1H3. The second-order valence-electron chi connectivity index (χ2n) is 5.86. The van der Waals surface area contributed by atoms with Gasteiger partial charge in [0.25, 0.3) is 0 Å². The maximum absolute atomic E-state index is 13.0. The van der Waals surface area contributed by atoms with Crippen LogP contribution in [0.4, 0.5) is 0 Å². The lowest BCUT2D eigenvalue weighted by Crippen LogP contribution is -2.08. The zero-order valence-electron chi connectivity index (χ0n) is 14.8. The monoisotopic (exact) mass is 384 g/mol. The van der Waals surface area contributed by atoms with Gasteiger partial charge in [0.15, 0.2) is 11.5 Å². The van der Waals surface area contributed by atoms with Crippen molar-refractivity contribution in [1.82, 2.24) is 0 Å². The van der Waals surface area contributed by atoms with E-state index in [4.69, 9.17) is 9.47 Å². The maximum Gasteiger partial charge on any atom is 0.207 e. The SMILES string of the molecule is COc1cc(S(=O)(=O)c2ccccc2)c(CO)cc1OCc1ccccc1. The average Bonchev–Trinajstić information content (AvgIpc) is 2.72. The fraction of sp³-hybridized carbons (Fsp3) is 0.143. The van der Waals surface area contributed by atoms with Gasteiger partial charge in [0, 0.05) is 11.6 Å². The molecule has 3 aromatic carbocycles. The molecule has 3 rings (SSSR count). The summed E-state index contributed by atoms with van der Waals surface area (Å²) in [4.78, 5) is 0.153. The number of sulfone groups is 1. The Kier molecular flexibility index (Phi) is 5.78. The van der Waals surface area contributed by atoms with Crippen molar-refractivity contribution < 1.29 is 23.0 Å². The molecule has 0 atom stereocenters. The summed E-state index contributed by atoms with van der Waals surface area (Å²) >= 11 is 0. The highest BCUT2D eigenvalue weighted by Crippen LogP contribution is 2.35. The Labute approximate surface area is 158 Å². The van der Waals surface area contributed by atoms with E-state index >= 15 is 0 Å². The Morgan fingerprint density at radius 2 is 1.52 bits per heavy atom. The van der Waals surface area contributed by atoms with Crippen LogP contribution in [-0.2, 0) is 23.1 Å². The number of aliphatic hydroxyl groups excluding tert-OH is 1. The first kappa shape index (κ1) is 18.9. The van der Waals surface area contributed by atoms with E-state index in [0.29, 0.717) is 12.4 Å². The van der Waals surface area contributed by atoms with Crippen LogP contribution >= 0.6 is 0 Å². The molecule has 0 aliphatic heterocycles. The van der Waals surface area contributed by atoms with Gasteiger partial charge in [-0.2, -0.15) is 0 Å². The Hall–Kier alpha value is -2.83. The Bertz CT molecular complexity index is 1000. The molecule has 3 aromatic rings. The molecular formula is C21H20O5S. The topological polar surface area (TPSA) is 72.8 Å². The van der Waals surface area contributed by atoms with E-state index < -0.39 is 16.4 Å². The summed E-state index contributed by atoms with van der Waals surface area (Å²) in [5.41, 5.74) is 1.22. The summed E-state index contributed by atoms with van der Waals surface area (Å²) in [5.74, 6) is 0.662. The van der Waals surface area contributed by atoms with Gasteiger partial charge >= 0.3 is 0 Å². The lowest BCUT2D eigenvalue weighted by atomic mass is 10.2. The van der Waals surface area contributed by atoms with Crippen LogP contribution in [0.1, 0.15) is 11.1 Å². The molecule has 0 amide bonds. The summed E-state index contributed by atoms with van der Waals surface area (Å²) < 4.78 is 37.1. The van der Waals surface area contributed by atoms with E-state index in [1.807, 2.05) is 30.3 Å². The van der Waals surface area contributed by atoms with E-state index in [2.05, 4.69) is 0 Å². The van der Waals surface area contributed by atoms with Crippen molar-refractivity contribution in [3.8, 4) is 11.5 Å². The van der Waals surface area contributed by atoms with Crippen LogP contribution in [0.2, 0.25) is 0 Å². The zero-order valence-corrected chi connectivity index (χ0v) is 15.6. The minimum Gasteiger partial charge on any atom is -0.493 e. The summed E-state index contributed by atoms with van der Waals surface area (Å²) in [6.45, 7) is -0.139. The van der Waals surface area contributed by atoms with Crippen molar-refractivity contribution in [2.45, 2.75) is 23.0 Å². The van der Waals surface area contributed by atoms with Crippen molar-refractivity contribution in [2.24, 2.45) is 0 Å². The molecule has 0 unspecified atom stereocenters. The number of ether oxygens (including phenoxy) is 2. The van der Waals surface area contributed by atoms with E-state index in [-0.39, 0.29) is 21.1 Å². The second kappa shape index (κ2) is 8.24. The van der Waals surface area contributed by atoms with Gasteiger partial charge in [-0.25, -0.2) is 8.42 Å². The molecule has 0 radical (unpaired) electrons. The van der Waals surface area contributed by atoms with Crippen molar-refractivity contribution in [1.29, 1.82) is 0 Å². The molecule has 0 heterocycles. The smallest absolute Gasteiger partial charge is 0.207 e. The number of hydrogen-bond donors (Lipinski definition) is 1. The van der Waals surface area contributed by atoms with Crippen molar-refractivity contribution in [2.75, 3.05) is 7.11 Å². The zero-order chi connectivity index (χ0) is 19.3. The third-order valence-electron chi connectivity index (χ3n) is 4.10. The number of methoxy groups -OCH3 is 1. The Balaban J connectivity index is 1.99. The summed E-state index contributed by atoms with van der Waals surface area (Å²) in [7, 11) is -2.35. The highest BCUT2D eigenvalue weighted by molar-refractivity contribution is 7.91. The molecule has 5 nitrogen and oxygen atoms in total. The second-order valence-corrected chi connectivity index (χ2v) is 7.78. The van der Waals surface area contributed by atoms with Gasteiger partial charge in [-0.05, 0) is 23.8 Å². The highest BCUT2D eigenvalue weighted by atomic mass is 32.2. The molecule has 0 aromatic heterocycles. The molecule has 0 saturated heterocycles. The maximum atomic E-state index is 13.0. The van der Waals surface area contributed by atoms with Crippen molar-refractivity contribution in [3.63, 3.8) is 0 Å². The molecule has 1 N–H and O–H groups in total. The van der Waals surface area contributed by atoms with Gasteiger partial charge < -0.3 is 14.6 Å². The molecule has 0 aliphatic carbocycles. The third kappa shape index (κ3) is 4.13. The Morgan fingerprint density at radius 1 is 0.889 bits per heavy atom. The van der Waals surface area contributed by atoms with Gasteiger partial charge in [0.05, 0.1) is 23.5 Å². The quantitative estimate of drug-likeness (QED) is 0.674. The largest absolute Gasteiger partial charge is 0.493 e. The fourth-order valence-electron chi connectivity index (χ4n) is 2.69. The number of aliphatic hydroxyl groups is 1. The molecule has 0 fully saturated rings. The molecule has 6 heteroatoms. The normalized spacial score (nSPS) is 11.2. The van der Waals surface area contributed by atoms with Crippen molar-refractivity contribution >= 4 is 9.84 Å². The van der Waals surface area contributed by atoms with Crippen LogP contribution in [0.5, 0.6) is 11.5 Å². The molecule has 0 aliphatic rings. The first-order chi connectivity index (χ1) is 13.1. The average molecular weight is 384 g/mol. The van der Waals surface area contributed by atoms with E-state index in [1.54, 1.807) is 18.2 Å². The van der Waals surface area contributed by atoms with Crippen LogP contribution in [0, 0.1) is 0 Å². The van der Waals surface area contributed by atoms with E-state index in [0.717, 1.165) is 5.56 Å². The molecule has 0 spiro atoms. The Morgan fingerprint density at radius 3 is 2.11 bits per heavy atom. The van der Waals surface area contributed by atoms with Crippen LogP contribution in [0.3, 0.4) is 0 Å². The number of rotatable bonds is 7. The minimum atomic E-state index is -3.79. The van der Waals surface area contributed by atoms with Crippen LogP contribution in [0.15, 0.2) is 82.6 Å². The van der Waals surface area contributed by atoms with Crippen LogP contribution in [0.25, 0.3) is 0 Å². The number of benzene rings is 3. The van der Waals surface area contributed by atoms with Gasteiger partial charge in [-0.3, -0.25) is 0 Å². The van der Waals surface area contributed by atoms with Gasteiger partial charge in [0.2, 0.25) is 9.84 Å². The molecule has 140 valence electrons. The summed E-state index contributed by atoms with van der Waals surface area (Å²) in [5, 5.41) is 9.74. The first-order valence-electron chi connectivity index (χ1n) is 8.35. The van der Waals surface area contributed by atoms with Gasteiger partial charge in [0.1, 0.15) is 6.61 Å². The van der Waals surface area contributed by atoms with Crippen molar-refractivity contribution in [3.05, 3.63) is 83.9 Å². The van der Waals surface area contributed by atoms with E-state index in [9.17, 15) is 13.5 Å². The fourth-order valence-corrected chi connectivity index (χ4v) is 4.19.